The molecule has 0 saturated carbocycles. The van der Waals surface area contributed by atoms with E-state index in [1.165, 1.54) is 5.56 Å². The van der Waals surface area contributed by atoms with E-state index in [-0.39, 0.29) is 0 Å². The van der Waals surface area contributed by atoms with Gasteiger partial charge in [-0.15, -0.1) is 0 Å². The van der Waals surface area contributed by atoms with Gasteiger partial charge in [-0.2, -0.15) is 0 Å². The third-order valence-corrected chi connectivity index (χ3v) is 3.30. The lowest BCUT2D eigenvalue weighted by molar-refractivity contribution is 0.123. The maximum absolute atomic E-state index is 9.77. The molecule has 2 N–H and O–H groups in total. The maximum atomic E-state index is 9.77. The van der Waals surface area contributed by atoms with Gasteiger partial charge < -0.3 is 15.2 Å². The molecular weight excluding hydrogens is 214 g/mol. The van der Waals surface area contributed by atoms with Crippen LogP contribution in [0.1, 0.15) is 37.4 Å². The van der Waals surface area contributed by atoms with Gasteiger partial charge >= 0.3 is 0 Å². The highest BCUT2D eigenvalue weighted by atomic mass is 16.5. The molecular formula is C14H21NO2. The first-order chi connectivity index (χ1) is 8.22. The Morgan fingerprint density at radius 2 is 2.35 bits per heavy atom. The van der Waals surface area contributed by atoms with Gasteiger partial charge in [-0.25, -0.2) is 0 Å². The van der Waals surface area contributed by atoms with Crippen molar-refractivity contribution < 1.29 is 9.84 Å². The summed E-state index contributed by atoms with van der Waals surface area (Å²) in [6, 6.07) is 6.49. The molecule has 3 heteroatoms. The Morgan fingerprint density at radius 1 is 1.53 bits per heavy atom. The number of rotatable bonds is 5. The van der Waals surface area contributed by atoms with E-state index in [1.807, 2.05) is 13.0 Å². The van der Waals surface area contributed by atoms with Crippen molar-refractivity contribution in [2.24, 2.45) is 0 Å². The molecule has 0 saturated heterocycles. The molecule has 0 aromatic heterocycles. The molecule has 2 unspecified atom stereocenters. The number of hydrogen-bond donors (Lipinski definition) is 2. The smallest absolute Gasteiger partial charge is 0.119 e. The van der Waals surface area contributed by atoms with E-state index in [0.717, 1.165) is 31.6 Å². The maximum Gasteiger partial charge on any atom is 0.119 e. The summed E-state index contributed by atoms with van der Waals surface area (Å²) in [7, 11) is 0. The molecule has 2 rings (SSSR count). The summed E-state index contributed by atoms with van der Waals surface area (Å²) in [5.74, 6) is 0.435. The van der Waals surface area contributed by atoms with Crippen LogP contribution >= 0.6 is 0 Å². The summed E-state index contributed by atoms with van der Waals surface area (Å²) in [5.41, 5.74) is 2.35. The molecule has 17 heavy (non-hydrogen) atoms. The number of fused-ring (bicyclic) bond motifs is 1. The number of aromatic hydroxyl groups is 1. The van der Waals surface area contributed by atoms with Crippen molar-refractivity contribution in [3.05, 3.63) is 29.3 Å². The van der Waals surface area contributed by atoms with E-state index in [9.17, 15) is 5.11 Å². The molecule has 0 bridgehead atoms. The largest absolute Gasteiger partial charge is 0.508 e. The summed E-state index contributed by atoms with van der Waals surface area (Å²) >= 11 is 0. The molecule has 2 atom stereocenters. The number of phenols is 1. The molecule has 94 valence electrons. The first kappa shape index (κ1) is 12.4. The van der Waals surface area contributed by atoms with E-state index >= 15 is 0 Å². The molecule has 3 nitrogen and oxygen atoms in total. The van der Waals surface area contributed by atoms with Gasteiger partial charge in [0.15, 0.2) is 0 Å². The molecule has 0 spiro atoms. The lowest BCUT2D eigenvalue weighted by atomic mass is 10.1. The Labute approximate surface area is 103 Å². The van der Waals surface area contributed by atoms with Gasteiger partial charge in [-0.1, -0.05) is 12.1 Å². The monoisotopic (exact) mass is 235 g/mol. The highest BCUT2D eigenvalue weighted by Gasteiger charge is 2.25. The van der Waals surface area contributed by atoms with Crippen LogP contribution in [0.4, 0.5) is 0 Å². The predicted molar refractivity (Wildman–Crippen MR) is 68.3 cm³/mol. The van der Waals surface area contributed by atoms with Gasteiger partial charge in [0.25, 0.3) is 0 Å². The van der Waals surface area contributed by atoms with Crippen LogP contribution in [-0.4, -0.2) is 24.4 Å². The van der Waals surface area contributed by atoms with Gasteiger partial charge in [0.2, 0.25) is 0 Å². The second-order valence-electron chi connectivity index (χ2n) is 4.66. The van der Waals surface area contributed by atoms with Crippen LogP contribution in [0.3, 0.4) is 0 Å². The number of ether oxygens (including phenoxy) is 1. The van der Waals surface area contributed by atoms with Crippen LogP contribution in [0.15, 0.2) is 18.2 Å². The molecule has 1 aromatic carbocycles. The Hall–Kier alpha value is -1.06. The number of phenolic OH excluding ortho intramolecular Hbond substituents is 1. The summed E-state index contributed by atoms with van der Waals surface area (Å²) in [4.78, 5) is 0. The standard InChI is InChI=1S/C14H21NO2/c1-3-17-9-10(2)15-13-8-7-12-11(13)5-4-6-14(12)16/h4-6,10,13,15-16H,3,7-9H2,1-2H3. The van der Waals surface area contributed by atoms with Crippen molar-refractivity contribution in [3.63, 3.8) is 0 Å². The summed E-state index contributed by atoms with van der Waals surface area (Å²) < 4.78 is 5.41. The first-order valence-corrected chi connectivity index (χ1v) is 6.37. The van der Waals surface area contributed by atoms with E-state index in [0.29, 0.717) is 17.8 Å². The fourth-order valence-corrected chi connectivity index (χ4v) is 2.49. The van der Waals surface area contributed by atoms with Crippen LogP contribution in [0.2, 0.25) is 0 Å². The van der Waals surface area contributed by atoms with Crippen molar-refractivity contribution in [3.8, 4) is 5.75 Å². The van der Waals surface area contributed by atoms with Crippen LogP contribution in [0.25, 0.3) is 0 Å². The number of hydrogen-bond acceptors (Lipinski definition) is 3. The number of benzene rings is 1. The van der Waals surface area contributed by atoms with Crippen molar-refractivity contribution in [2.75, 3.05) is 13.2 Å². The molecule has 0 radical (unpaired) electrons. The molecule has 0 heterocycles. The van der Waals surface area contributed by atoms with E-state index in [1.54, 1.807) is 6.07 Å². The molecule has 1 aromatic rings. The molecule has 0 amide bonds. The normalized spacial score (nSPS) is 20.2. The average Bonchev–Trinajstić information content (AvgIpc) is 2.71. The summed E-state index contributed by atoms with van der Waals surface area (Å²) in [6.45, 7) is 5.64. The summed E-state index contributed by atoms with van der Waals surface area (Å²) in [6.07, 6.45) is 2.02. The fraction of sp³-hybridized carbons (Fsp3) is 0.571. The predicted octanol–water partition coefficient (Wildman–Crippen LogP) is 2.39. The Balaban J connectivity index is 2.00. The second-order valence-corrected chi connectivity index (χ2v) is 4.66. The highest BCUT2D eigenvalue weighted by Crippen LogP contribution is 2.36. The zero-order valence-corrected chi connectivity index (χ0v) is 10.6. The third-order valence-electron chi connectivity index (χ3n) is 3.30. The van der Waals surface area contributed by atoms with Crippen molar-refractivity contribution in [1.29, 1.82) is 0 Å². The molecule has 0 fully saturated rings. The van der Waals surface area contributed by atoms with Crippen LogP contribution < -0.4 is 5.32 Å². The minimum absolute atomic E-state index is 0.341. The SMILES string of the molecule is CCOCC(C)NC1CCc2c(O)cccc21. The third kappa shape index (κ3) is 2.79. The van der Waals surface area contributed by atoms with Gasteiger partial charge in [-0.3, -0.25) is 0 Å². The summed E-state index contributed by atoms with van der Waals surface area (Å²) in [5, 5.41) is 13.3. The van der Waals surface area contributed by atoms with Gasteiger partial charge in [0.05, 0.1) is 6.61 Å². The minimum Gasteiger partial charge on any atom is -0.508 e. The highest BCUT2D eigenvalue weighted by molar-refractivity contribution is 5.44. The van der Waals surface area contributed by atoms with Gasteiger partial charge in [-0.05, 0) is 43.9 Å². The molecule has 0 aliphatic heterocycles. The van der Waals surface area contributed by atoms with E-state index < -0.39 is 0 Å². The second kappa shape index (κ2) is 5.52. The lowest BCUT2D eigenvalue weighted by Crippen LogP contribution is -2.33. The average molecular weight is 235 g/mol. The Morgan fingerprint density at radius 3 is 3.12 bits per heavy atom. The van der Waals surface area contributed by atoms with E-state index in [4.69, 9.17) is 4.74 Å². The van der Waals surface area contributed by atoms with Crippen molar-refractivity contribution in [2.45, 2.75) is 38.8 Å². The van der Waals surface area contributed by atoms with Crippen LogP contribution in [0, 0.1) is 0 Å². The van der Waals surface area contributed by atoms with Crippen molar-refractivity contribution >= 4 is 0 Å². The molecule has 1 aliphatic carbocycles. The van der Waals surface area contributed by atoms with Crippen LogP contribution in [0.5, 0.6) is 5.75 Å². The fourth-order valence-electron chi connectivity index (χ4n) is 2.49. The quantitative estimate of drug-likeness (QED) is 0.823. The zero-order chi connectivity index (χ0) is 12.3. The van der Waals surface area contributed by atoms with Gasteiger partial charge in [0, 0.05) is 18.7 Å². The number of nitrogens with one attached hydrogen (secondary N) is 1. The Bertz CT molecular complexity index is 378. The minimum atomic E-state index is 0.341. The lowest BCUT2D eigenvalue weighted by Gasteiger charge is -2.20. The van der Waals surface area contributed by atoms with Crippen LogP contribution in [-0.2, 0) is 11.2 Å². The topological polar surface area (TPSA) is 41.5 Å². The molecule has 1 aliphatic rings. The first-order valence-electron chi connectivity index (χ1n) is 6.37. The van der Waals surface area contributed by atoms with Crippen molar-refractivity contribution in [1.82, 2.24) is 5.32 Å². The van der Waals surface area contributed by atoms with E-state index in [2.05, 4.69) is 18.3 Å². The Kier molecular flexibility index (Phi) is 4.02. The zero-order valence-electron chi connectivity index (χ0n) is 10.6. The van der Waals surface area contributed by atoms with Gasteiger partial charge in [0.1, 0.15) is 5.75 Å².